The van der Waals surface area contributed by atoms with Crippen LogP contribution in [0, 0.1) is 0 Å². The van der Waals surface area contributed by atoms with Crippen molar-refractivity contribution in [2.24, 2.45) is 0 Å². The molecule has 0 heterocycles. The fraction of sp³-hybridized carbons (Fsp3) is 0.500. The van der Waals surface area contributed by atoms with E-state index in [4.69, 9.17) is 21.1 Å². The van der Waals surface area contributed by atoms with Crippen LogP contribution >= 0.6 is 24.0 Å². The first-order chi connectivity index (χ1) is 9.74. The Morgan fingerprint density at radius 2 is 2.10 bits per heavy atom. The summed E-state index contributed by atoms with van der Waals surface area (Å²) in [4.78, 5) is 0. The van der Waals surface area contributed by atoms with Crippen LogP contribution in [0.25, 0.3) is 0 Å². The summed E-state index contributed by atoms with van der Waals surface area (Å²) < 4.78 is 11.1. The van der Waals surface area contributed by atoms with Gasteiger partial charge in [0.25, 0.3) is 0 Å². The molecule has 2 rings (SSSR count). The molecule has 0 spiro atoms. The quantitative estimate of drug-likeness (QED) is 0.752. The van der Waals surface area contributed by atoms with Gasteiger partial charge in [0.15, 0.2) is 11.5 Å². The normalized spacial score (nSPS) is 14.6. The Balaban J connectivity index is 0.00000220. The van der Waals surface area contributed by atoms with E-state index >= 15 is 0 Å². The maximum absolute atomic E-state index is 6.15. The topological polar surface area (TPSA) is 30.5 Å². The number of methoxy groups -OCH3 is 1. The summed E-state index contributed by atoms with van der Waals surface area (Å²) >= 11 is 6.15. The first kappa shape index (κ1) is 18.1. The fourth-order valence-electron chi connectivity index (χ4n) is 2.60. The van der Waals surface area contributed by atoms with Crippen molar-refractivity contribution < 1.29 is 9.47 Å². The van der Waals surface area contributed by atoms with Crippen LogP contribution in [0.15, 0.2) is 24.8 Å². The molecule has 1 aromatic rings. The van der Waals surface area contributed by atoms with Crippen molar-refractivity contribution >= 4 is 24.0 Å². The molecule has 21 heavy (non-hydrogen) atoms. The average molecular weight is 332 g/mol. The Bertz CT molecular complexity index is 460. The number of rotatable bonds is 7. The van der Waals surface area contributed by atoms with E-state index in [1.165, 1.54) is 25.7 Å². The van der Waals surface area contributed by atoms with Crippen LogP contribution in [0.3, 0.4) is 0 Å². The average Bonchev–Trinajstić information content (AvgIpc) is 2.96. The van der Waals surface area contributed by atoms with Crippen LogP contribution in [0.4, 0.5) is 0 Å². The number of ether oxygens (including phenoxy) is 2. The highest BCUT2D eigenvalue weighted by Crippen LogP contribution is 2.35. The van der Waals surface area contributed by atoms with Gasteiger partial charge >= 0.3 is 0 Å². The third-order valence-electron chi connectivity index (χ3n) is 3.60. The van der Waals surface area contributed by atoms with Gasteiger partial charge in [-0.2, -0.15) is 0 Å². The van der Waals surface area contributed by atoms with Crippen molar-refractivity contribution in [3.8, 4) is 11.5 Å². The Labute approximate surface area is 138 Å². The molecule has 3 nitrogen and oxygen atoms in total. The molecule has 0 amide bonds. The maximum Gasteiger partial charge on any atom is 0.166 e. The van der Waals surface area contributed by atoms with Crippen molar-refractivity contribution in [2.75, 3.05) is 13.7 Å². The van der Waals surface area contributed by atoms with Gasteiger partial charge in [-0.1, -0.05) is 37.1 Å². The van der Waals surface area contributed by atoms with Crippen LogP contribution in [-0.2, 0) is 6.54 Å². The molecule has 0 bridgehead atoms. The second-order valence-corrected chi connectivity index (χ2v) is 5.49. The summed E-state index contributed by atoms with van der Waals surface area (Å²) in [5.74, 6) is 1.42. The van der Waals surface area contributed by atoms with Crippen LogP contribution in [-0.4, -0.2) is 19.8 Å². The fourth-order valence-corrected chi connectivity index (χ4v) is 2.83. The molecule has 0 atom stereocenters. The largest absolute Gasteiger partial charge is 0.493 e. The molecule has 0 radical (unpaired) electrons. The molecule has 1 N–H and O–H groups in total. The highest BCUT2D eigenvalue weighted by Gasteiger charge is 2.17. The molecule has 1 aromatic carbocycles. The number of benzene rings is 1. The number of hydrogen-bond donors (Lipinski definition) is 1. The van der Waals surface area contributed by atoms with Crippen LogP contribution in [0.1, 0.15) is 31.2 Å². The summed E-state index contributed by atoms with van der Waals surface area (Å²) in [6, 6.07) is 4.32. The zero-order valence-corrected chi connectivity index (χ0v) is 13.9. The molecule has 1 aliphatic rings. The third kappa shape index (κ3) is 5.10. The van der Waals surface area contributed by atoms with Gasteiger partial charge in [0.1, 0.15) is 6.61 Å². The molecule has 1 aliphatic carbocycles. The molecule has 118 valence electrons. The zero-order valence-electron chi connectivity index (χ0n) is 12.4. The van der Waals surface area contributed by atoms with Crippen molar-refractivity contribution in [1.29, 1.82) is 0 Å². The third-order valence-corrected chi connectivity index (χ3v) is 3.82. The van der Waals surface area contributed by atoms with Gasteiger partial charge in [-0.05, 0) is 18.9 Å². The lowest BCUT2D eigenvalue weighted by molar-refractivity contribution is 0.321. The van der Waals surface area contributed by atoms with Gasteiger partial charge in [-0.25, -0.2) is 0 Å². The van der Waals surface area contributed by atoms with Gasteiger partial charge in [0.2, 0.25) is 0 Å². The van der Waals surface area contributed by atoms with Gasteiger partial charge in [-0.3, -0.25) is 0 Å². The Hall–Kier alpha value is -0.900. The first-order valence-corrected chi connectivity index (χ1v) is 7.46. The van der Waals surface area contributed by atoms with Gasteiger partial charge in [0.05, 0.1) is 7.11 Å². The van der Waals surface area contributed by atoms with Gasteiger partial charge in [0, 0.05) is 29.2 Å². The molecule has 0 aliphatic heterocycles. The van der Waals surface area contributed by atoms with Gasteiger partial charge in [-0.15, -0.1) is 12.4 Å². The summed E-state index contributed by atoms with van der Waals surface area (Å²) in [6.07, 6.45) is 6.86. The lowest BCUT2D eigenvalue weighted by Crippen LogP contribution is -2.25. The summed E-state index contributed by atoms with van der Waals surface area (Å²) in [6.45, 7) is 4.88. The smallest absolute Gasteiger partial charge is 0.166 e. The zero-order chi connectivity index (χ0) is 14.4. The van der Waals surface area contributed by atoms with E-state index < -0.39 is 0 Å². The molecule has 1 fully saturated rings. The monoisotopic (exact) mass is 331 g/mol. The van der Waals surface area contributed by atoms with E-state index in [-0.39, 0.29) is 12.4 Å². The van der Waals surface area contributed by atoms with Crippen LogP contribution < -0.4 is 14.8 Å². The van der Waals surface area contributed by atoms with Crippen molar-refractivity contribution in [3.05, 3.63) is 35.4 Å². The van der Waals surface area contributed by atoms with E-state index in [2.05, 4.69) is 11.9 Å². The number of halogens is 2. The van der Waals surface area contributed by atoms with Crippen LogP contribution in [0.5, 0.6) is 11.5 Å². The number of nitrogens with one attached hydrogen (secondary N) is 1. The molecule has 1 saturated carbocycles. The van der Waals surface area contributed by atoms with Crippen molar-refractivity contribution in [3.63, 3.8) is 0 Å². The predicted octanol–water partition coefficient (Wildman–Crippen LogP) is 4.37. The van der Waals surface area contributed by atoms with E-state index in [1.807, 2.05) is 6.07 Å². The molecular formula is C16H23Cl2NO2. The summed E-state index contributed by atoms with van der Waals surface area (Å²) in [5, 5.41) is 4.24. The SMILES string of the molecule is C=CCOc1c(CNC2CCCC2)cc(Cl)cc1OC.Cl. The minimum atomic E-state index is 0. The van der Waals surface area contributed by atoms with E-state index in [9.17, 15) is 0 Å². The second-order valence-electron chi connectivity index (χ2n) is 5.06. The molecule has 0 unspecified atom stereocenters. The van der Waals surface area contributed by atoms with Gasteiger partial charge < -0.3 is 14.8 Å². The lowest BCUT2D eigenvalue weighted by Gasteiger charge is -2.17. The summed E-state index contributed by atoms with van der Waals surface area (Å²) in [7, 11) is 1.63. The maximum atomic E-state index is 6.15. The molecular weight excluding hydrogens is 309 g/mol. The molecule has 5 heteroatoms. The van der Waals surface area contributed by atoms with E-state index in [0.717, 1.165) is 17.9 Å². The minimum absolute atomic E-state index is 0. The number of hydrogen-bond acceptors (Lipinski definition) is 3. The standard InChI is InChI=1S/C16H22ClNO2.ClH/c1-3-8-20-16-12(9-13(17)10-15(16)19-2)11-18-14-6-4-5-7-14;/h3,9-10,14,18H,1,4-8,11H2,2H3;1H. The van der Waals surface area contributed by atoms with Crippen LogP contribution in [0.2, 0.25) is 5.02 Å². The van der Waals surface area contributed by atoms with Crippen molar-refractivity contribution in [2.45, 2.75) is 38.3 Å². The second kappa shape index (κ2) is 9.19. The Kier molecular flexibility index (Phi) is 7.94. The van der Waals surface area contributed by atoms with Crippen molar-refractivity contribution in [1.82, 2.24) is 5.32 Å². The predicted molar refractivity (Wildman–Crippen MR) is 90.0 cm³/mol. The Morgan fingerprint density at radius 3 is 2.71 bits per heavy atom. The van der Waals surface area contributed by atoms with E-state index in [0.29, 0.717) is 23.4 Å². The summed E-state index contributed by atoms with van der Waals surface area (Å²) in [5.41, 5.74) is 1.03. The lowest BCUT2D eigenvalue weighted by atomic mass is 10.1. The van der Waals surface area contributed by atoms with E-state index in [1.54, 1.807) is 19.3 Å². The minimum Gasteiger partial charge on any atom is -0.493 e. The molecule has 0 aromatic heterocycles. The molecule has 0 saturated heterocycles. The highest BCUT2D eigenvalue weighted by molar-refractivity contribution is 6.30. The Morgan fingerprint density at radius 1 is 1.38 bits per heavy atom. The first-order valence-electron chi connectivity index (χ1n) is 7.08. The highest BCUT2D eigenvalue weighted by atomic mass is 35.5.